The zero-order valence-electron chi connectivity index (χ0n) is 41.6. The van der Waals surface area contributed by atoms with E-state index in [1.54, 1.807) is 0 Å². The fourth-order valence-electron chi connectivity index (χ4n) is 9.57. The topological polar surface area (TPSA) is 74.6 Å². The summed E-state index contributed by atoms with van der Waals surface area (Å²) in [6.07, 6.45) is 74.7. The molecule has 0 atom stereocenters. The lowest BCUT2D eigenvalue weighted by molar-refractivity contribution is -0.138. The lowest BCUT2D eigenvalue weighted by Gasteiger charge is -2.05. The molecule has 364 valence electrons. The normalized spacial score (nSPS) is 11.5. The molecule has 4 nitrogen and oxygen atoms in total. The van der Waals surface area contributed by atoms with Gasteiger partial charge in [-0.25, -0.2) is 0 Å². The monoisotopic (exact) mass is 861 g/mol. The first-order valence-electron chi connectivity index (χ1n) is 28.6. The lowest BCUT2D eigenvalue weighted by atomic mass is 10.0. The highest BCUT2D eigenvalue weighted by molar-refractivity contribution is 5.66. The molecule has 0 radical (unpaired) electrons. The van der Waals surface area contributed by atoms with Gasteiger partial charge < -0.3 is 10.2 Å². The summed E-state index contributed by atoms with van der Waals surface area (Å²) in [5.41, 5.74) is 0. The Hall–Kier alpha value is -1.06. The molecule has 0 saturated heterocycles. The van der Waals surface area contributed by atoms with Crippen LogP contribution in [0.25, 0.3) is 0 Å². The van der Waals surface area contributed by atoms with E-state index in [0.29, 0.717) is 12.8 Å². The first-order valence-corrected chi connectivity index (χ1v) is 28.6. The van der Waals surface area contributed by atoms with Gasteiger partial charge in [-0.2, -0.15) is 0 Å². The molecule has 0 amide bonds. The van der Waals surface area contributed by atoms with Crippen LogP contribution in [0.5, 0.6) is 0 Å². The summed E-state index contributed by atoms with van der Waals surface area (Å²) in [5, 5.41) is 17.3. The Kier molecular flexibility index (Phi) is 54.1. The molecule has 0 heterocycles. The average Bonchev–Trinajstić information content (AvgIpc) is 3.24. The predicted octanol–water partition coefficient (Wildman–Crippen LogP) is 20.6. The van der Waals surface area contributed by atoms with E-state index in [4.69, 9.17) is 10.2 Å². The highest BCUT2D eigenvalue weighted by atomic mass is 16.4. The van der Waals surface area contributed by atoms with E-state index in [1.807, 2.05) is 0 Å². The molecule has 0 aromatic heterocycles. The first-order chi connectivity index (χ1) is 30.1. The van der Waals surface area contributed by atoms with Crippen LogP contribution in [0.4, 0.5) is 0 Å². The molecule has 0 rings (SSSR count). The van der Waals surface area contributed by atoms with Crippen molar-refractivity contribution in [1.29, 1.82) is 0 Å². The maximum atomic E-state index is 10.5. The van der Waals surface area contributed by atoms with Crippen LogP contribution in [-0.4, -0.2) is 22.2 Å². The Balaban J connectivity index is 3.07. The van der Waals surface area contributed by atoms with Gasteiger partial charge in [0.1, 0.15) is 0 Å². The standard InChI is InChI=1S/C57H112O4/c58-56(59)54-52-50-48-46-44-42-40-38-36-34-32-30-28-26-24-22-20-18-16-14-12-10-8-6-4-2-1-3-5-7-9-11-13-15-17-19-21-23-25-27-29-31-33-35-37-39-41-43-45-47-49-51-53-55-57(60)61/h1-55H2,(H,58,59)(H,60,61). The Morgan fingerprint density at radius 3 is 0.279 bits per heavy atom. The van der Waals surface area contributed by atoms with Crippen molar-refractivity contribution in [1.82, 2.24) is 0 Å². The molecule has 0 aliphatic heterocycles. The number of hydrogen-bond acceptors (Lipinski definition) is 2. The smallest absolute Gasteiger partial charge is 0.303 e. The van der Waals surface area contributed by atoms with Crippen molar-refractivity contribution in [2.45, 2.75) is 353 Å². The molecule has 0 fully saturated rings. The van der Waals surface area contributed by atoms with Gasteiger partial charge in [-0.05, 0) is 12.8 Å². The Morgan fingerprint density at radius 1 is 0.148 bits per heavy atom. The third-order valence-corrected chi connectivity index (χ3v) is 13.8. The van der Waals surface area contributed by atoms with Crippen molar-refractivity contribution >= 4 is 11.9 Å². The van der Waals surface area contributed by atoms with Crippen molar-refractivity contribution < 1.29 is 19.8 Å². The van der Waals surface area contributed by atoms with Crippen molar-refractivity contribution in [3.8, 4) is 0 Å². The Morgan fingerprint density at radius 2 is 0.213 bits per heavy atom. The first kappa shape index (κ1) is 59.9. The van der Waals surface area contributed by atoms with Gasteiger partial charge in [0.2, 0.25) is 0 Å². The highest BCUT2D eigenvalue weighted by Crippen LogP contribution is 2.19. The molecular weight excluding hydrogens is 749 g/mol. The molecule has 0 spiro atoms. The quantitative estimate of drug-likeness (QED) is 0.0598. The van der Waals surface area contributed by atoms with Crippen LogP contribution in [0, 0.1) is 0 Å². The summed E-state index contributed by atoms with van der Waals surface area (Å²) < 4.78 is 0. The van der Waals surface area contributed by atoms with Crippen LogP contribution in [0.15, 0.2) is 0 Å². The molecule has 0 bridgehead atoms. The maximum absolute atomic E-state index is 10.5. The fraction of sp³-hybridized carbons (Fsp3) is 0.965. The number of aliphatic carboxylic acids is 2. The van der Waals surface area contributed by atoms with Gasteiger partial charge in [-0.15, -0.1) is 0 Å². The third kappa shape index (κ3) is 58.9. The lowest BCUT2D eigenvalue weighted by Crippen LogP contribution is -1.93. The number of rotatable bonds is 56. The summed E-state index contributed by atoms with van der Waals surface area (Å²) in [5.74, 6) is -1.30. The van der Waals surface area contributed by atoms with Crippen molar-refractivity contribution in [3.63, 3.8) is 0 Å². The summed E-state index contributed by atoms with van der Waals surface area (Å²) >= 11 is 0. The molecule has 61 heavy (non-hydrogen) atoms. The van der Waals surface area contributed by atoms with E-state index < -0.39 is 11.9 Å². The van der Waals surface area contributed by atoms with Crippen molar-refractivity contribution in [2.24, 2.45) is 0 Å². The Labute approximate surface area is 383 Å². The van der Waals surface area contributed by atoms with Gasteiger partial charge in [0.15, 0.2) is 0 Å². The fourth-order valence-corrected chi connectivity index (χ4v) is 9.57. The van der Waals surface area contributed by atoms with E-state index in [9.17, 15) is 9.59 Å². The van der Waals surface area contributed by atoms with Crippen molar-refractivity contribution in [3.05, 3.63) is 0 Å². The molecule has 2 N–H and O–H groups in total. The molecule has 0 aromatic carbocycles. The molecule has 0 saturated carbocycles. The van der Waals surface area contributed by atoms with Gasteiger partial charge >= 0.3 is 11.9 Å². The zero-order chi connectivity index (χ0) is 44.0. The number of carboxylic acids is 2. The van der Waals surface area contributed by atoms with Gasteiger partial charge in [-0.3, -0.25) is 9.59 Å². The summed E-state index contributed by atoms with van der Waals surface area (Å²) in [4.78, 5) is 21.0. The van der Waals surface area contributed by atoms with Gasteiger partial charge in [0, 0.05) is 12.8 Å². The highest BCUT2D eigenvalue weighted by Gasteiger charge is 2.01. The zero-order valence-corrected chi connectivity index (χ0v) is 41.6. The van der Waals surface area contributed by atoms with E-state index in [0.717, 1.165) is 25.7 Å². The largest absolute Gasteiger partial charge is 0.481 e. The van der Waals surface area contributed by atoms with Gasteiger partial charge in [0.05, 0.1) is 0 Å². The van der Waals surface area contributed by atoms with Gasteiger partial charge in [0.25, 0.3) is 0 Å². The second kappa shape index (κ2) is 55.1. The predicted molar refractivity (Wildman–Crippen MR) is 269 cm³/mol. The minimum Gasteiger partial charge on any atom is -0.481 e. The molecule has 0 aliphatic carbocycles. The molecule has 0 aliphatic rings. The molecular formula is C57H112O4. The van der Waals surface area contributed by atoms with E-state index in [1.165, 1.54) is 315 Å². The SMILES string of the molecule is O=C(O)CCCCCCCCCCCCCCCCCCCCCCCCCCCCCCCCCCCCCCCCCCCCCCCCCCCCCCCC(=O)O. The molecule has 0 aromatic rings. The average molecular weight is 862 g/mol. The number of hydrogen-bond donors (Lipinski definition) is 2. The van der Waals surface area contributed by atoms with Crippen LogP contribution in [-0.2, 0) is 9.59 Å². The van der Waals surface area contributed by atoms with Gasteiger partial charge in [-0.1, -0.05) is 327 Å². The van der Waals surface area contributed by atoms with Crippen LogP contribution in [0.3, 0.4) is 0 Å². The minimum absolute atomic E-state index is 0.344. The van der Waals surface area contributed by atoms with E-state index >= 15 is 0 Å². The number of carbonyl (C=O) groups is 2. The van der Waals surface area contributed by atoms with Crippen molar-refractivity contribution in [2.75, 3.05) is 0 Å². The summed E-state index contributed by atoms with van der Waals surface area (Å²) in [6.45, 7) is 0. The number of unbranched alkanes of at least 4 members (excludes halogenated alkanes) is 52. The van der Waals surface area contributed by atoms with E-state index in [2.05, 4.69) is 0 Å². The van der Waals surface area contributed by atoms with Crippen LogP contribution < -0.4 is 0 Å². The Bertz CT molecular complexity index is 760. The van der Waals surface area contributed by atoms with E-state index in [-0.39, 0.29) is 0 Å². The maximum Gasteiger partial charge on any atom is 0.303 e. The molecule has 0 unspecified atom stereocenters. The van der Waals surface area contributed by atoms with Crippen LogP contribution >= 0.6 is 0 Å². The second-order valence-corrected chi connectivity index (χ2v) is 20.0. The molecule has 4 heteroatoms. The summed E-state index contributed by atoms with van der Waals surface area (Å²) in [7, 11) is 0. The minimum atomic E-state index is -0.648. The van der Waals surface area contributed by atoms with Crippen LogP contribution in [0.1, 0.15) is 353 Å². The summed E-state index contributed by atoms with van der Waals surface area (Å²) in [6, 6.07) is 0. The second-order valence-electron chi connectivity index (χ2n) is 20.0. The number of carboxylic acid groups (broad SMARTS) is 2. The van der Waals surface area contributed by atoms with Crippen LogP contribution in [0.2, 0.25) is 0 Å². The third-order valence-electron chi connectivity index (χ3n) is 13.8.